The van der Waals surface area contributed by atoms with Crippen LogP contribution < -0.4 is 16.6 Å². The average Bonchev–Trinajstić information content (AvgIpc) is 3.32. The zero-order chi connectivity index (χ0) is 23.3. The van der Waals surface area contributed by atoms with Crippen molar-refractivity contribution < 1.29 is 28.2 Å². The predicted molar refractivity (Wildman–Crippen MR) is 108 cm³/mol. The Morgan fingerprint density at radius 2 is 2.06 bits per heavy atom. The Morgan fingerprint density at radius 3 is 2.81 bits per heavy atom. The van der Waals surface area contributed by atoms with Gasteiger partial charge in [-0.25, -0.2) is 19.6 Å². The summed E-state index contributed by atoms with van der Waals surface area (Å²) in [5, 5.41) is 2.47. The van der Waals surface area contributed by atoms with Crippen LogP contribution in [-0.4, -0.2) is 55.4 Å². The molecule has 0 aliphatic carbocycles. The van der Waals surface area contributed by atoms with Gasteiger partial charge in [0.25, 0.3) is 5.56 Å². The molecule has 0 saturated carbocycles. The van der Waals surface area contributed by atoms with Gasteiger partial charge in [0.15, 0.2) is 16.9 Å². The Bertz CT molecular complexity index is 1160. The molecule has 3 aromatic rings. The van der Waals surface area contributed by atoms with E-state index >= 15 is 0 Å². The van der Waals surface area contributed by atoms with Crippen molar-refractivity contribution in [1.29, 1.82) is 0 Å². The van der Waals surface area contributed by atoms with Crippen molar-refractivity contribution in [2.45, 2.75) is 39.6 Å². The van der Waals surface area contributed by atoms with Gasteiger partial charge in [-0.05, 0) is 20.8 Å². The molecule has 0 aliphatic rings. The number of carbonyl (C=O) groups excluding carboxylic acids is 2. The first kappa shape index (κ1) is 22.7. The number of aromatic amines is 1. The van der Waals surface area contributed by atoms with Crippen molar-refractivity contribution in [3.05, 3.63) is 34.5 Å². The monoisotopic (exact) mass is 449 g/mol. The summed E-state index contributed by atoms with van der Waals surface area (Å²) in [5.41, 5.74) is 4.81. The average molecular weight is 449 g/mol. The lowest BCUT2D eigenvalue weighted by Gasteiger charge is -2.19. The number of amides is 1. The molecule has 3 rings (SSSR count). The fourth-order valence-corrected chi connectivity index (χ4v) is 2.44. The normalized spacial score (nSPS) is 11.5. The minimum Gasteiger partial charge on any atom is -0.458 e. The number of hydrogen-bond donors (Lipinski definition) is 3. The van der Waals surface area contributed by atoms with Crippen molar-refractivity contribution in [3.8, 4) is 0 Å². The molecule has 3 aromatic heterocycles. The van der Waals surface area contributed by atoms with Crippen LogP contribution in [0.3, 0.4) is 0 Å². The molecule has 0 spiro atoms. The smallest absolute Gasteiger partial charge is 0.408 e. The van der Waals surface area contributed by atoms with Crippen LogP contribution in [0.1, 0.15) is 37.2 Å². The molecule has 0 fully saturated rings. The van der Waals surface area contributed by atoms with Gasteiger partial charge in [0.05, 0.1) is 19.5 Å². The number of esters is 1. The van der Waals surface area contributed by atoms with E-state index < -0.39 is 23.2 Å². The zero-order valence-corrected chi connectivity index (χ0v) is 17.7. The fraction of sp³-hybridized carbons (Fsp3) is 0.444. The third kappa shape index (κ3) is 6.04. The number of anilines is 1. The summed E-state index contributed by atoms with van der Waals surface area (Å²) in [6.45, 7) is 5.19. The van der Waals surface area contributed by atoms with E-state index in [0.29, 0.717) is 0 Å². The van der Waals surface area contributed by atoms with Gasteiger partial charge >= 0.3 is 12.1 Å². The SMILES string of the molecule is CC(C)(C)OC(=O)NCc1nc(C(=O)OCCOCn2cnc3c(=O)[nH]c(N)nc32)co1. The molecule has 0 unspecified atom stereocenters. The Hall–Kier alpha value is -3.94. The first-order chi connectivity index (χ1) is 15.1. The summed E-state index contributed by atoms with van der Waals surface area (Å²) >= 11 is 0. The fourth-order valence-electron chi connectivity index (χ4n) is 2.44. The second-order valence-electron chi connectivity index (χ2n) is 7.49. The first-order valence-corrected chi connectivity index (χ1v) is 9.49. The molecular formula is C18H23N7O7. The highest BCUT2D eigenvalue weighted by Gasteiger charge is 2.18. The molecule has 0 bridgehead atoms. The third-order valence-corrected chi connectivity index (χ3v) is 3.73. The molecule has 172 valence electrons. The number of ether oxygens (including phenoxy) is 3. The lowest BCUT2D eigenvalue weighted by molar-refractivity contribution is 0.0176. The Labute approximate surface area is 181 Å². The van der Waals surface area contributed by atoms with E-state index in [9.17, 15) is 14.4 Å². The summed E-state index contributed by atoms with van der Waals surface area (Å²) in [4.78, 5) is 49.7. The molecular weight excluding hydrogens is 426 g/mol. The minimum absolute atomic E-state index is 0.0222. The molecule has 0 atom stereocenters. The van der Waals surface area contributed by atoms with E-state index in [0.717, 1.165) is 6.26 Å². The highest BCUT2D eigenvalue weighted by Crippen LogP contribution is 2.08. The number of nitrogens with zero attached hydrogens (tertiary/aromatic N) is 4. The van der Waals surface area contributed by atoms with E-state index in [4.69, 9.17) is 24.4 Å². The van der Waals surface area contributed by atoms with E-state index in [-0.39, 0.29) is 55.2 Å². The molecule has 1 amide bonds. The maximum Gasteiger partial charge on any atom is 0.408 e. The zero-order valence-electron chi connectivity index (χ0n) is 17.7. The maximum atomic E-state index is 12.0. The third-order valence-electron chi connectivity index (χ3n) is 3.73. The number of fused-ring (bicyclic) bond motifs is 1. The largest absolute Gasteiger partial charge is 0.458 e. The minimum atomic E-state index is -0.713. The van der Waals surface area contributed by atoms with Gasteiger partial charge < -0.3 is 29.7 Å². The van der Waals surface area contributed by atoms with Crippen LogP contribution in [-0.2, 0) is 27.5 Å². The number of aromatic nitrogens is 5. The Morgan fingerprint density at radius 1 is 1.28 bits per heavy atom. The van der Waals surface area contributed by atoms with Gasteiger partial charge in [-0.15, -0.1) is 0 Å². The number of carbonyl (C=O) groups is 2. The molecule has 32 heavy (non-hydrogen) atoms. The number of alkyl carbamates (subject to hydrolysis) is 1. The number of rotatable bonds is 8. The highest BCUT2D eigenvalue weighted by molar-refractivity contribution is 5.86. The molecule has 0 saturated heterocycles. The molecule has 0 aliphatic heterocycles. The Balaban J connectivity index is 1.40. The molecule has 0 aromatic carbocycles. The van der Waals surface area contributed by atoms with E-state index in [1.54, 1.807) is 20.8 Å². The molecule has 0 radical (unpaired) electrons. The van der Waals surface area contributed by atoms with Gasteiger partial charge in [0, 0.05) is 0 Å². The number of H-pyrrole nitrogens is 1. The number of oxazole rings is 1. The number of nitrogens with two attached hydrogens (primary N) is 1. The molecule has 14 heteroatoms. The summed E-state index contributed by atoms with van der Waals surface area (Å²) < 4.78 is 22.2. The van der Waals surface area contributed by atoms with Crippen molar-refractivity contribution in [2.75, 3.05) is 18.9 Å². The molecule has 14 nitrogen and oxygen atoms in total. The summed E-state index contributed by atoms with van der Waals surface area (Å²) in [6, 6.07) is 0. The number of nitrogen functional groups attached to an aromatic ring is 1. The maximum absolute atomic E-state index is 12.0. The number of hydrogen-bond acceptors (Lipinski definition) is 11. The van der Waals surface area contributed by atoms with E-state index in [1.165, 1.54) is 10.9 Å². The first-order valence-electron chi connectivity index (χ1n) is 9.49. The van der Waals surface area contributed by atoms with Gasteiger partial charge in [0.1, 0.15) is 25.2 Å². The Kier molecular flexibility index (Phi) is 6.73. The molecule has 4 N–H and O–H groups in total. The lowest BCUT2D eigenvalue weighted by atomic mass is 10.2. The second-order valence-corrected chi connectivity index (χ2v) is 7.49. The van der Waals surface area contributed by atoms with Crippen molar-refractivity contribution in [1.82, 2.24) is 29.8 Å². The van der Waals surface area contributed by atoms with Gasteiger partial charge in [-0.1, -0.05) is 0 Å². The van der Waals surface area contributed by atoms with Crippen molar-refractivity contribution >= 4 is 29.2 Å². The summed E-state index contributed by atoms with van der Waals surface area (Å²) in [5.74, 6) is -0.630. The van der Waals surface area contributed by atoms with Crippen LogP contribution in [0.4, 0.5) is 10.7 Å². The lowest BCUT2D eigenvalue weighted by Crippen LogP contribution is -2.32. The van der Waals surface area contributed by atoms with E-state index in [2.05, 4.69) is 25.3 Å². The summed E-state index contributed by atoms with van der Waals surface area (Å²) in [7, 11) is 0. The van der Waals surface area contributed by atoms with Gasteiger partial charge in [-0.3, -0.25) is 14.3 Å². The summed E-state index contributed by atoms with van der Waals surface area (Å²) in [6.07, 6.45) is 1.88. The van der Waals surface area contributed by atoms with Crippen LogP contribution in [0.15, 0.2) is 21.8 Å². The quantitative estimate of drug-likeness (QED) is 0.321. The van der Waals surface area contributed by atoms with E-state index in [1.807, 2.05) is 0 Å². The van der Waals surface area contributed by atoms with Gasteiger partial charge in [0.2, 0.25) is 11.8 Å². The van der Waals surface area contributed by atoms with Crippen LogP contribution in [0.5, 0.6) is 0 Å². The number of nitrogens with one attached hydrogen (secondary N) is 2. The standard InChI is InChI=1S/C18H23N7O7/c1-18(2,3)32-17(28)20-6-11-22-10(7-31-11)15(27)30-5-4-29-9-25-8-21-12-13(25)23-16(19)24-14(12)26/h7-8H,4-6,9H2,1-3H3,(H,20,28)(H3,19,23,24,26). The predicted octanol–water partition coefficient (Wildman–Crippen LogP) is 0.546. The van der Waals surface area contributed by atoms with Crippen molar-refractivity contribution in [2.24, 2.45) is 0 Å². The van der Waals surface area contributed by atoms with Crippen LogP contribution >= 0.6 is 0 Å². The van der Waals surface area contributed by atoms with Crippen LogP contribution in [0.2, 0.25) is 0 Å². The highest BCUT2D eigenvalue weighted by atomic mass is 16.6. The van der Waals surface area contributed by atoms with Gasteiger partial charge in [-0.2, -0.15) is 4.98 Å². The molecule has 3 heterocycles. The topological polar surface area (TPSA) is 189 Å². The van der Waals surface area contributed by atoms with Crippen molar-refractivity contribution in [3.63, 3.8) is 0 Å². The van der Waals surface area contributed by atoms with Crippen LogP contribution in [0.25, 0.3) is 11.2 Å². The van der Waals surface area contributed by atoms with Crippen LogP contribution in [0, 0.1) is 0 Å². The number of imidazole rings is 1. The second kappa shape index (κ2) is 9.47.